The van der Waals surface area contributed by atoms with Gasteiger partial charge in [0.25, 0.3) is 0 Å². The van der Waals surface area contributed by atoms with Crippen LogP contribution in [0.3, 0.4) is 0 Å². The first kappa shape index (κ1) is 10.8. The number of rotatable bonds is 2. The summed E-state index contributed by atoms with van der Waals surface area (Å²) in [7, 11) is 0. The van der Waals surface area contributed by atoms with E-state index in [1.807, 2.05) is 0 Å². The normalized spacial score (nSPS) is 10.4. The standard InChI is InChI=1S/C11H8ClFN2O/c12-9-3-1-4-10(13)8(9)7-15-6-2-5-14-11(15)16/h1-6H,7H2. The number of hydrogen-bond acceptors (Lipinski definition) is 2. The monoisotopic (exact) mass is 238 g/mol. The maximum atomic E-state index is 13.4. The molecule has 1 heterocycles. The van der Waals surface area contributed by atoms with Crippen molar-refractivity contribution in [3.63, 3.8) is 0 Å². The predicted molar refractivity (Wildman–Crippen MR) is 59.0 cm³/mol. The quantitative estimate of drug-likeness (QED) is 0.803. The Morgan fingerprint density at radius 1 is 1.38 bits per heavy atom. The van der Waals surface area contributed by atoms with E-state index in [1.165, 1.54) is 29.1 Å². The lowest BCUT2D eigenvalue weighted by atomic mass is 10.2. The van der Waals surface area contributed by atoms with Crippen LogP contribution in [0.1, 0.15) is 5.56 Å². The molecule has 2 rings (SSSR count). The summed E-state index contributed by atoms with van der Waals surface area (Å²) in [6.07, 6.45) is 2.93. The SMILES string of the molecule is O=c1ncccn1Cc1c(F)cccc1Cl. The van der Waals surface area contributed by atoms with E-state index in [0.29, 0.717) is 10.6 Å². The zero-order chi connectivity index (χ0) is 11.5. The van der Waals surface area contributed by atoms with Gasteiger partial charge in [0.2, 0.25) is 0 Å². The fourth-order valence-corrected chi connectivity index (χ4v) is 1.58. The number of aromatic nitrogens is 2. The Kier molecular flexibility index (Phi) is 3.01. The molecule has 82 valence electrons. The molecule has 2 aromatic rings. The molecule has 0 fully saturated rings. The van der Waals surface area contributed by atoms with E-state index in [1.54, 1.807) is 12.1 Å². The molecule has 0 bridgehead atoms. The highest BCUT2D eigenvalue weighted by molar-refractivity contribution is 6.31. The third-order valence-corrected chi connectivity index (χ3v) is 2.53. The van der Waals surface area contributed by atoms with E-state index in [0.717, 1.165) is 0 Å². The molecule has 3 nitrogen and oxygen atoms in total. The molecule has 0 aliphatic rings. The van der Waals surface area contributed by atoms with E-state index in [2.05, 4.69) is 4.98 Å². The van der Waals surface area contributed by atoms with Crippen LogP contribution in [-0.4, -0.2) is 9.55 Å². The molecular formula is C11H8ClFN2O. The molecular weight excluding hydrogens is 231 g/mol. The van der Waals surface area contributed by atoms with Crippen molar-refractivity contribution in [2.24, 2.45) is 0 Å². The van der Waals surface area contributed by atoms with Crippen LogP contribution >= 0.6 is 11.6 Å². The van der Waals surface area contributed by atoms with Gasteiger partial charge in [-0.25, -0.2) is 14.2 Å². The number of halogens is 2. The lowest BCUT2D eigenvalue weighted by Gasteiger charge is -2.07. The van der Waals surface area contributed by atoms with Crippen molar-refractivity contribution in [2.45, 2.75) is 6.54 Å². The largest absolute Gasteiger partial charge is 0.347 e. The van der Waals surface area contributed by atoms with Gasteiger partial charge >= 0.3 is 5.69 Å². The summed E-state index contributed by atoms with van der Waals surface area (Å²) in [6, 6.07) is 6.02. The minimum absolute atomic E-state index is 0.0815. The number of hydrogen-bond donors (Lipinski definition) is 0. The first-order valence-corrected chi connectivity index (χ1v) is 5.00. The van der Waals surface area contributed by atoms with Crippen LogP contribution in [0.4, 0.5) is 4.39 Å². The van der Waals surface area contributed by atoms with Gasteiger partial charge in [0, 0.05) is 23.0 Å². The lowest BCUT2D eigenvalue weighted by Crippen LogP contribution is -2.22. The van der Waals surface area contributed by atoms with Crippen LogP contribution in [-0.2, 0) is 6.54 Å². The first-order chi connectivity index (χ1) is 7.68. The highest BCUT2D eigenvalue weighted by Gasteiger charge is 2.07. The van der Waals surface area contributed by atoms with Gasteiger partial charge in [-0.3, -0.25) is 4.57 Å². The Bertz CT molecular complexity index is 548. The molecule has 0 amide bonds. The molecule has 16 heavy (non-hydrogen) atoms. The predicted octanol–water partition coefficient (Wildman–Crippen LogP) is 2.08. The number of nitrogens with zero attached hydrogens (tertiary/aromatic N) is 2. The van der Waals surface area contributed by atoms with Crippen molar-refractivity contribution in [2.75, 3.05) is 0 Å². The Labute approximate surface area is 96.1 Å². The van der Waals surface area contributed by atoms with Crippen molar-refractivity contribution in [3.05, 3.63) is 63.5 Å². The first-order valence-electron chi connectivity index (χ1n) is 4.63. The highest BCUT2D eigenvalue weighted by atomic mass is 35.5. The van der Waals surface area contributed by atoms with Crippen molar-refractivity contribution in [1.29, 1.82) is 0 Å². The van der Waals surface area contributed by atoms with Gasteiger partial charge in [0.15, 0.2) is 0 Å². The third-order valence-electron chi connectivity index (χ3n) is 2.17. The van der Waals surface area contributed by atoms with Crippen LogP contribution in [0.5, 0.6) is 0 Å². The van der Waals surface area contributed by atoms with Gasteiger partial charge in [0.05, 0.1) is 6.54 Å². The molecule has 0 aliphatic heterocycles. The van der Waals surface area contributed by atoms with Gasteiger partial charge < -0.3 is 0 Å². The molecule has 0 saturated carbocycles. The fourth-order valence-electron chi connectivity index (χ4n) is 1.36. The molecule has 0 spiro atoms. The summed E-state index contributed by atoms with van der Waals surface area (Å²) in [5.74, 6) is -0.428. The van der Waals surface area contributed by atoms with Gasteiger partial charge in [-0.1, -0.05) is 17.7 Å². The molecule has 0 atom stereocenters. The molecule has 1 aromatic carbocycles. The van der Waals surface area contributed by atoms with E-state index >= 15 is 0 Å². The summed E-state index contributed by atoms with van der Waals surface area (Å²) in [4.78, 5) is 14.9. The second kappa shape index (κ2) is 4.45. The second-order valence-corrected chi connectivity index (χ2v) is 3.64. The van der Waals surface area contributed by atoms with Crippen molar-refractivity contribution >= 4 is 11.6 Å². The van der Waals surface area contributed by atoms with Crippen molar-refractivity contribution < 1.29 is 4.39 Å². The van der Waals surface area contributed by atoms with Crippen LogP contribution in [0.25, 0.3) is 0 Å². The van der Waals surface area contributed by atoms with E-state index in [4.69, 9.17) is 11.6 Å². The van der Waals surface area contributed by atoms with Crippen molar-refractivity contribution in [1.82, 2.24) is 9.55 Å². The lowest BCUT2D eigenvalue weighted by molar-refractivity contribution is 0.593. The minimum Gasteiger partial charge on any atom is -0.295 e. The number of benzene rings is 1. The molecule has 0 saturated heterocycles. The van der Waals surface area contributed by atoms with Gasteiger partial charge in [-0.15, -0.1) is 0 Å². The van der Waals surface area contributed by atoms with E-state index in [-0.39, 0.29) is 6.54 Å². The Hall–Kier alpha value is -1.68. The summed E-state index contributed by atoms with van der Waals surface area (Å²) in [5, 5.41) is 0.302. The summed E-state index contributed by atoms with van der Waals surface area (Å²) in [6.45, 7) is 0.0815. The molecule has 5 heteroatoms. The molecule has 1 aromatic heterocycles. The summed E-state index contributed by atoms with van der Waals surface area (Å²) >= 11 is 5.86. The molecule has 0 N–H and O–H groups in total. The summed E-state index contributed by atoms with van der Waals surface area (Å²) < 4.78 is 14.7. The van der Waals surface area contributed by atoms with E-state index in [9.17, 15) is 9.18 Å². The average Bonchev–Trinajstić information content (AvgIpc) is 2.26. The third kappa shape index (κ3) is 2.12. The summed E-state index contributed by atoms with van der Waals surface area (Å²) in [5.41, 5.74) is -0.138. The zero-order valence-electron chi connectivity index (χ0n) is 8.23. The van der Waals surface area contributed by atoms with Gasteiger partial charge in [-0.05, 0) is 18.2 Å². The highest BCUT2D eigenvalue weighted by Crippen LogP contribution is 2.19. The molecule has 0 unspecified atom stereocenters. The van der Waals surface area contributed by atoms with Gasteiger partial charge in [0.1, 0.15) is 5.82 Å². The van der Waals surface area contributed by atoms with Crippen molar-refractivity contribution in [3.8, 4) is 0 Å². The maximum absolute atomic E-state index is 13.4. The fraction of sp³-hybridized carbons (Fsp3) is 0.0909. The van der Waals surface area contributed by atoms with Gasteiger partial charge in [-0.2, -0.15) is 0 Å². The zero-order valence-corrected chi connectivity index (χ0v) is 8.99. The van der Waals surface area contributed by atoms with Crippen LogP contribution in [0.15, 0.2) is 41.5 Å². The second-order valence-electron chi connectivity index (χ2n) is 3.23. The Morgan fingerprint density at radius 3 is 2.88 bits per heavy atom. The molecule has 0 aliphatic carbocycles. The minimum atomic E-state index is -0.429. The van der Waals surface area contributed by atoms with E-state index < -0.39 is 11.5 Å². The smallest absolute Gasteiger partial charge is 0.295 e. The average molecular weight is 239 g/mol. The maximum Gasteiger partial charge on any atom is 0.347 e. The Balaban J connectivity index is 2.42. The van der Waals surface area contributed by atoms with Crippen LogP contribution in [0.2, 0.25) is 5.02 Å². The topological polar surface area (TPSA) is 34.9 Å². The van der Waals surface area contributed by atoms with Crippen LogP contribution < -0.4 is 5.69 Å². The molecule has 0 radical (unpaired) electrons. The Morgan fingerprint density at radius 2 is 2.19 bits per heavy atom. The van der Waals surface area contributed by atoms with Crippen LogP contribution in [0, 0.1) is 5.82 Å².